The summed E-state index contributed by atoms with van der Waals surface area (Å²) in [6.45, 7) is 8.66. The van der Waals surface area contributed by atoms with Crippen LogP contribution in [-0.2, 0) is 0 Å². The number of hydrogen-bond donors (Lipinski definition) is 2. The van der Waals surface area contributed by atoms with Gasteiger partial charge in [-0.2, -0.15) is 0 Å². The summed E-state index contributed by atoms with van der Waals surface area (Å²) in [6.07, 6.45) is 2.68. The van der Waals surface area contributed by atoms with Gasteiger partial charge < -0.3 is 15.5 Å². The Morgan fingerprint density at radius 1 is 1.26 bits per heavy atom. The van der Waals surface area contributed by atoms with E-state index in [1.807, 2.05) is 0 Å². The lowest BCUT2D eigenvalue weighted by Crippen LogP contribution is -2.35. The van der Waals surface area contributed by atoms with E-state index in [0.717, 1.165) is 18.8 Å². The molecule has 0 aromatic heterocycles. The average Bonchev–Trinajstić information content (AvgIpc) is 2.86. The fourth-order valence-electron chi connectivity index (χ4n) is 2.45. The van der Waals surface area contributed by atoms with E-state index < -0.39 is 0 Å². The predicted octanol–water partition coefficient (Wildman–Crippen LogP) is 2.69. The van der Waals surface area contributed by atoms with Crippen LogP contribution < -0.4 is 10.6 Å². The molecule has 104 valence electrons. The summed E-state index contributed by atoms with van der Waals surface area (Å²) in [5.74, 6) is 0. The standard InChI is InChI=1S/C15H23N3S/c1-12-5-6-14(13(2)11-12)17-15(19)16-7-10-18-8-3-4-9-18/h5-6,11H,3-4,7-10H2,1-2H3,(H2,16,17,19). The molecule has 4 heteroatoms. The van der Waals surface area contributed by atoms with E-state index in [4.69, 9.17) is 12.2 Å². The maximum absolute atomic E-state index is 5.33. The van der Waals surface area contributed by atoms with Crippen molar-refractivity contribution in [3.05, 3.63) is 29.3 Å². The van der Waals surface area contributed by atoms with Crippen LogP contribution in [0, 0.1) is 13.8 Å². The second kappa shape index (κ2) is 6.87. The number of anilines is 1. The van der Waals surface area contributed by atoms with E-state index in [9.17, 15) is 0 Å². The summed E-state index contributed by atoms with van der Waals surface area (Å²) in [6, 6.07) is 6.34. The SMILES string of the molecule is Cc1ccc(NC(=S)NCCN2CCCC2)c(C)c1. The van der Waals surface area contributed by atoms with E-state index in [-0.39, 0.29) is 0 Å². The van der Waals surface area contributed by atoms with E-state index in [2.05, 4.69) is 47.6 Å². The molecule has 0 radical (unpaired) electrons. The number of likely N-dealkylation sites (tertiary alicyclic amines) is 1. The molecule has 0 spiro atoms. The van der Waals surface area contributed by atoms with Gasteiger partial charge in [0.05, 0.1) is 0 Å². The van der Waals surface area contributed by atoms with E-state index in [0.29, 0.717) is 5.11 Å². The van der Waals surface area contributed by atoms with Crippen LogP contribution in [0.3, 0.4) is 0 Å². The minimum absolute atomic E-state index is 0.714. The molecule has 19 heavy (non-hydrogen) atoms. The lowest BCUT2D eigenvalue weighted by Gasteiger charge is -2.17. The first-order valence-corrected chi connectivity index (χ1v) is 7.40. The van der Waals surface area contributed by atoms with Crippen LogP contribution in [0.4, 0.5) is 5.69 Å². The van der Waals surface area contributed by atoms with Gasteiger partial charge in [-0.1, -0.05) is 17.7 Å². The van der Waals surface area contributed by atoms with Crippen molar-refractivity contribution in [2.24, 2.45) is 0 Å². The molecular formula is C15H23N3S. The van der Waals surface area contributed by atoms with Crippen molar-refractivity contribution in [1.82, 2.24) is 10.2 Å². The molecule has 1 aromatic rings. The minimum atomic E-state index is 0.714. The van der Waals surface area contributed by atoms with Crippen LogP contribution >= 0.6 is 12.2 Å². The quantitative estimate of drug-likeness (QED) is 0.828. The Morgan fingerprint density at radius 3 is 2.68 bits per heavy atom. The van der Waals surface area contributed by atoms with Crippen molar-refractivity contribution in [3.63, 3.8) is 0 Å². The van der Waals surface area contributed by atoms with Gasteiger partial charge in [0, 0.05) is 18.8 Å². The largest absolute Gasteiger partial charge is 0.361 e. The van der Waals surface area contributed by atoms with Crippen molar-refractivity contribution in [2.75, 3.05) is 31.5 Å². The fourth-order valence-corrected chi connectivity index (χ4v) is 2.67. The number of thiocarbonyl (C=S) groups is 1. The molecule has 1 aromatic carbocycles. The topological polar surface area (TPSA) is 27.3 Å². The molecule has 2 N–H and O–H groups in total. The molecule has 0 amide bonds. The van der Waals surface area contributed by atoms with Crippen molar-refractivity contribution in [3.8, 4) is 0 Å². The maximum Gasteiger partial charge on any atom is 0.170 e. The van der Waals surface area contributed by atoms with Crippen molar-refractivity contribution < 1.29 is 0 Å². The zero-order chi connectivity index (χ0) is 13.7. The first kappa shape index (κ1) is 14.3. The normalized spacial score (nSPS) is 15.5. The van der Waals surface area contributed by atoms with E-state index in [1.54, 1.807) is 0 Å². The molecule has 0 unspecified atom stereocenters. The van der Waals surface area contributed by atoms with Crippen molar-refractivity contribution in [2.45, 2.75) is 26.7 Å². The van der Waals surface area contributed by atoms with Crippen molar-refractivity contribution in [1.29, 1.82) is 0 Å². The van der Waals surface area contributed by atoms with Crippen molar-refractivity contribution >= 4 is 23.0 Å². The van der Waals surface area contributed by atoms with E-state index in [1.165, 1.54) is 37.1 Å². The molecule has 2 rings (SSSR count). The molecule has 3 nitrogen and oxygen atoms in total. The van der Waals surface area contributed by atoms with Crippen LogP contribution in [0.5, 0.6) is 0 Å². The summed E-state index contributed by atoms with van der Waals surface area (Å²) in [5, 5.41) is 7.26. The van der Waals surface area contributed by atoms with Crippen LogP contribution in [0.25, 0.3) is 0 Å². The third kappa shape index (κ3) is 4.48. The van der Waals surface area contributed by atoms with Crippen LogP contribution in [0.2, 0.25) is 0 Å². The molecular weight excluding hydrogens is 254 g/mol. The van der Waals surface area contributed by atoms with Gasteiger partial charge in [0.2, 0.25) is 0 Å². The van der Waals surface area contributed by atoms with Crippen LogP contribution in [0.1, 0.15) is 24.0 Å². The summed E-state index contributed by atoms with van der Waals surface area (Å²) >= 11 is 5.33. The number of aryl methyl sites for hydroxylation is 2. The lowest BCUT2D eigenvalue weighted by atomic mass is 10.1. The zero-order valence-corrected chi connectivity index (χ0v) is 12.6. The molecule has 1 fully saturated rings. The minimum Gasteiger partial charge on any atom is -0.361 e. The lowest BCUT2D eigenvalue weighted by molar-refractivity contribution is 0.344. The van der Waals surface area contributed by atoms with Gasteiger partial charge in [-0.3, -0.25) is 0 Å². The average molecular weight is 277 g/mol. The van der Waals surface area contributed by atoms with Gasteiger partial charge in [0.25, 0.3) is 0 Å². The second-order valence-electron chi connectivity index (χ2n) is 5.25. The van der Waals surface area contributed by atoms with Crippen LogP contribution in [-0.4, -0.2) is 36.2 Å². The van der Waals surface area contributed by atoms with Gasteiger partial charge in [-0.15, -0.1) is 0 Å². The maximum atomic E-state index is 5.33. The smallest absolute Gasteiger partial charge is 0.170 e. The number of rotatable bonds is 4. The molecule has 0 atom stereocenters. The highest BCUT2D eigenvalue weighted by Gasteiger charge is 2.10. The monoisotopic (exact) mass is 277 g/mol. The molecule has 0 saturated carbocycles. The molecule has 0 bridgehead atoms. The van der Waals surface area contributed by atoms with E-state index >= 15 is 0 Å². The Bertz CT molecular complexity index is 439. The highest BCUT2D eigenvalue weighted by Crippen LogP contribution is 2.15. The molecule has 1 aliphatic heterocycles. The summed E-state index contributed by atoms with van der Waals surface area (Å²) in [4.78, 5) is 2.48. The van der Waals surface area contributed by atoms with Crippen LogP contribution in [0.15, 0.2) is 18.2 Å². The molecule has 1 aliphatic rings. The summed E-state index contributed by atoms with van der Waals surface area (Å²) in [5.41, 5.74) is 3.59. The third-order valence-electron chi connectivity index (χ3n) is 3.54. The predicted molar refractivity (Wildman–Crippen MR) is 85.8 cm³/mol. The van der Waals surface area contributed by atoms with Gasteiger partial charge >= 0.3 is 0 Å². The number of benzene rings is 1. The van der Waals surface area contributed by atoms with Gasteiger partial charge in [-0.05, 0) is 63.6 Å². The Labute approximate surface area is 121 Å². The number of hydrogen-bond acceptors (Lipinski definition) is 2. The second-order valence-corrected chi connectivity index (χ2v) is 5.66. The highest BCUT2D eigenvalue weighted by atomic mass is 32.1. The number of nitrogens with one attached hydrogen (secondary N) is 2. The highest BCUT2D eigenvalue weighted by molar-refractivity contribution is 7.80. The van der Waals surface area contributed by atoms with Gasteiger partial charge in [0.15, 0.2) is 5.11 Å². The third-order valence-corrected chi connectivity index (χ3v) is 3.79. The van der Waals surface area contributed by atoms with Gasteiger partial charge in [-0.25, -0.2) is 0 Å². The first-order valence-electron chi connectivity index (χ1n) is 6.99. The molecule has 1 saturated heterocycles. The summed E-state index contributed by atoms with van der Waals surface area (Å²) < 4.78 is 0. The first-order chi connectivity index (χ1) is 9.15. The Kier molecular flexibility index (Phi) is 5.16. The Balaban J connectivity index is 1.74. The molecule has 1 heterocycles. The Hall–Kier alpha value is -1.13. The Morgan fingerprint density at radius 2 is 2.00 bits per heavy atom. The van der Waals surface area contributed by atoms with Gasteiger partial charge in [0.1, 0.15) is 0 Å². The molecule has 0 aliphatic carbocycles. The zero-order valence-electron chi connectivity index (χ0n) is 11.8. The number of nitrogens with zero attached hydrogens (tertiary/aromatic N) is 1. The summed E-state index contributed by atoms with van der Waals surface area (Å²) in [7, 11) is 0. The fraction of sp³-hybridized carbons (Fsp3) is 0.533.